The molecular formula is C15H17ClF3NO2. The van der Waals surface area contributed by atoms with Gasteiger partial charge in [0.15, 0.2) is 0 Å². The summed E-state index contributed by atoms with van der Waals surface area (Å²) in [7, 11) is 0. The highest BCUT2D eigenvalue weighted by atomic mass is 35.5. The predicted octanol–water partition coefficient (Wildman–Crippen LogP) is 4.05. The zero-order valence-electron chi connectivity index (χ0n) is 11.9. The van der Waals surface area contributed by atoms with Crippen molar-refractivity contribution >= 4 is 17.5 Å². The van der Waals surface area contributed by atoms with Crippen LogP contribution in [-0.4, -0.2) is 36.2 Å². The molecule has 0 N–H and O–H groups in total. The van der Waals surface area contributed by atoms with E-state index >= 15 is 0 Å². The first kappa shape index (κ1) is 16.9. The van der Waals surface area contributed by atoms with Gasteiger partial charge in [0, 0.05) is 32.4 Å². The number of rotatable bonds is 4. The number of likely N-dealkylation sites (tertiary alicyclic amines) is 1. The molecule has 0 radical (unpaired) electrons. The van der Waals surface area contributed by atoms with Crippen LogP contribution >= 0.6 is 11.6 Å². The van der Waals surface area contributed by atoms with Gasteiger partial charge in [-0.1, -0.05) is 23.7 Å². The highest BCUT2D eigenvalue weighted by Crippen LogP contribution is 2.27. The van der Waals surface area contributed by atoms with E-state index in [1.54, 1.807) is 18.2 Å². The van der Waals surface area contributed by atoms with Gasteiger partial charge < -0.3 is 9.64 Å². The standard InChI is InChI=1S/C15H17ClF3NO2/c16-12-3-1-2-4-13(12)22-11-6-9-20(10-7-11)14(21)5-8-15(17,18)19/h1-4,11H,5-10H2. The molecule has 0 spiro atoms. The number of carbonyl (C=O) groups excluding carboxylic acids is 1. The van der Waals surface area contributed by atoms with E-state index in [1.807, 2.05) is 6.07 Å². The Morgan fingerprint density at radius 2 is 1.91 bits per heavy atom. The number of amides is 1. The number of benzene rings is 1. The van der Waals surface area contributed by atoms with Crippen LogP contribution in [-0.2, 0) is 4.79 Å². The number of hydrogen-bond acceptors (Lipinski definition) is 2. The lowest BCUT2D eigenvalue weighted by atomic mass is 10.1. The molecule has 7 heteroatoms. The molecule has 0 atom stereocenters. The van der Waals surface area contributed by atoms with Crippen LogP contribution < -0.4 is 4.74 Å². The van der Waals surface area contributed by atoms with Crippen LogP contribution in [0.25, 0.3) is 0 Å². The number of halogens is 4. The summed E-state index contributed by atoms with van der Waals surface area (Å²) in [6.07, 6.45) is -4.75. The van der Waals surface area contributed by atoms with Crippen molar-refractivity contribution in [3.8, 4) is 5.75 Å². The zero-order chi connectivity index (χ0) is 16.2. The van der Waals surface area contributed by atoms with Crippen LogP contribution in [0.4, 0.5) is 13.2 Å². The highest BCUT2D eigenvalue weighted by Gasteiger charge is 2.30. The Hall–Kier alpha value is -1.43. The van der Waals surface area contributed by atoms with Gasteiger partial charge in [-0.2, -0.15) is 13.2 Å². The molecule has 1 aliphatic heterocycles. The Kier molecular flexibility index (Phi) is 5.56. The second-order valence-corrected chi connectivity index (χ2v) is 5.65. The minimum atomic E-state index is -4.29. The second-order valence-electron chi connectivity index (χ2n) is 5.24. The van der Waals surface area contributed by atoms with E-state index in [9.17, 15) is 18.0 Å². The average molecular weight is 336 g/mol. The topological polar surface area (TPSA) is 29.5 Å². The molecule has 0 aliphatic carbocycles. The van der Waals surface area contributed by atoms with Gasteiger partial charge in [0.25, 0.3) is 0 Å². The summed E-state index contributed by atoms with van der Waals surface area (Å²) in [5.74, 6) is 0.138. The van der Waals surface area contributed by atoms with E-state index in [2.05, 4.69) is 0 Å². The average Bonchev–Trinajstić information content (AvgIpc) is 2.47. The number of piperidine rings is 1. The molecule has 122 valence electrons. The monoisotopic (exact) mass is 335 g/mol. The quantitative estimate of drug-likeness (QED) is 0.830. The van der Waals surface area contributed by atoms with Crippen molar-refractivity contribution in [2.24, 2.45) is 0 Å². The normalized spacial score (nSPS) is 16.6. The summed E-state index contributed by atoms with van der Waals surface area (Å²) in [5.41, 5.74) is 0. The zero-order valence-corrected chi connectivity index (χ0v) is 12.7. The minimum absolute atomic E-state index is 0.0773. The Morgan fingerprint density at radius 1 is 1.27 bits per heavy atom. The maximum absolute atomic E-state index is 12.1. The van der Waals surface area contributed by atoms with Gasteiger partial charge >= 0.3 is 6.18 Å². The van der Waals surface area contributed by atoms with Crippen molar-refractivity contribution in [1.82, 2.24) is 4.90 Å². The number of carbonyl (C=O) groups is 1. The maximum Gasteiger partial charge on any atom is 0.389 e. The molecule has 1 saturated heterocycles. The number of ether oxygens (including phenoxy) is 1. The van der Waals surface area contributed by atoms with Crippen molar-refractivity contribution in [1.29, 1.82) is 0 Å². The van der Waals surface area contributed by atoms with E-state index in [1.165, 1.54) is 4.90 Å². The van der Waals surface area contributed by atoms with Gasteiger partial charge in [-0.05, 0) is 12.1 Å². The smallest absolute Gasteiger partial charge is 0.389 e. The van der Waals surface area contributed by atoms with Crippen LogP contribution in [0.2, 0.25) is 5.02 Å². The largest absolute Gasteiger partial charge is 0.489 e. The third kappa shape index (κ3) is 5.09. The van der Waals surface area contributed by atoms with E-state index in [0.29, 0.717) is 36.7 Å². The fourth-order valence-corrected chi connectivity index (χ4v) is 2.53. The van der Waals surface area contributed by atoms with Crippen LogP contribution in [0.15, 0.2) is 24.3 Å². The van der Waals surface area contributed by atoms with E-state index in [-0.39, 0.29) is 6.10 Å². The van der Waals surface area contributed by atoms with Gasteiger partial charge in [-0.25, -0.2) is 0 Å². The first-order chi connectivity index (χ1) is 10.3. The van der Waals surface area contributed by atoms with Crippen molar-refractivity contribution in [3.05, 3.63) is 29.3 Å². The van der Waals surface area contributed by atoms with Crippen LogP contribution in [0.1, 0.15) is 25.7 Å². The SMILES string of the molecule is O=C(CCC(F)(F)F)N1CCC(Oc2ccccc2Cl)CC1. The van der Waals surface area contributed by atoms with Crippen molar-refractivity contribution in [2.45, 2.75) is 38.0 Å². The van der Waals surface area contributed by atoms with Crippen molar-refractivity contribution < 1.29 is 22.7 Å². The van der Waals surface area contributed by atoms with Crippen LogP contribution in [0.3, 0.4) is 0 Å². The molecule has 0 unspecified atom stereocenters. The molecule has 1 aliphatic rings. The number of alkyl halides is 3. The molecule has 1 aromatic rings. The van der Waals surface area contributed by atoms with Gasteiger partial charge in [0.2, 0.25) is 5.91 Å². The van der Waals surface area contributed by atoms with Crippen molar-refractivity contribution in [2.75, 3.05) is 13.1 Å². The summed E-state index contributed by atoms with van der Waals surface area (Å²) in [4.78, 5) is 13.2. The first-order valence-corrected chi connectivity index (χ1v) is 7.48. The first-order valence-electron chi connectivity index (χ1n) is 7.11. The number of para-hydroxylation sites is 1. The predicted molar refractivity (Wildman–Crippen MR) is 77.0 cm³/mol. The molecule has 1 fully saturated rings. The summed E-state index contributed by atoms with van der Waals surface area (Å²) < 4.78 is 42.1. The van der Waals surface area contributed by atoms with Crippen molar-refractivity contribution in [3.63, 3.8) is 0 Å². The van der Waals surface area contributed by atoms with Gasteiger partial charge in [0.05, 0.1) is 11.4 Å². The molecule has 1 amide bonds. The third-order valence-electron chi connectivity index (χ3n) is 3.55. The summed E-state index contributed by atoms with van der Waals surface area (Å²) in [5, 5.41) is 0.520. The lowest BCUT2D eigenvalue weighted by Crippen LogP contribution is -2.42. The summed E-state index contributed by atoms with van der Waals surface area (Å²) in [6.45, 7) is 0.817. The Labute approximate surface area is 132 Å². The Bertz CT molecular complexity index is 514. The molecule has 1 heterocycles. The third-order valence-corrected chi connectivity index (χ3v) is 3.86. The number of hydrogen-bond donors (Lipinski definition) is 0. The van der Waals surface area contributed by atoms with Gasteiger partial charge in [-0.3, -0.25) is 4.79 Å². The fourth-order valence-electron chi connectivity index (χ4n) is 2.35. The van der Waals surface area contributed by atoms with E-state index in [0.717, 1.165) is 0 Å². The minimum Gasteiger partial charge on any atom is -0.489 e. The molecule has 0 saturated carbocycles. The van der Waals surface area contributed by atoms with Crippen LogP contribution in [0.5, 0.6) is 5.75 Å². The lowest BCUT2D eigenvalue weighted by molar-refractivity contribution is -0.150. The molecule has 22 heavy (non-hydrogen) atoms. The Morgan fingerprint density at radius 3 is 2.50 bits per heavy atom. The summed E-state index contributed by atoms with van der Waals surface area (Å²) in [6, 6.07) is 7.12. The molecule has 1 aromatic carbocycles. The maximum atomic E-state index is 12.1. The molecule has 3 nitrogen and oxygen atoms in total. The molecule has 0 aromatic heterocycles. The number of nitrogens with zero attached hydrogens (tertiary/aromatic N) is 1. The molecule has 2 rings (SSSR count). The Balaban J connectivity index is 1.78. The van der Waals surface area contributed by atoms with E-state index in [4.69, 9.17) is 16.3 Å². The van der Waals surface area contributed by atoms with Gasteiger partial charge in [0.1, 0.15) is 11.9 Å². The van der Waals surface area contributed by atoms with Crippen LogP contribution in [0, 0.1) is 0 Å². The molecular weight excluding hydrogens is 319 g/mol. The fraction of sp³-hybridized carbons (Fsp3) is 0.533. The highest BCUT2D eigenvalue weighted by molar-refractivity contribution is 6.32. The molecule has 0 bridgehead atoms. The summed E-state index contributed by atoms with van der Waals surface area (Å²) >= 11 is 6.01. The van der Waals surface area contributed by atoms with E-state index < -0.39 is 24.9 Å². The van der Waals surface area contributed by atoms with Gasteiger partial charge in [-0.15, -0.1) is 0 Å². The second kappa shape index (κ2) is 7.22. The lowest BCUT2D eigenvalue weighted by Gasteiger charge is -2.32.